The highest BCUT2D eigenvalue weighted by atomic mass is 32.2. The van der Waals surface area contributed by atoms with Crippen LogP contribution in [0.25, 0.3) is 0 Å². The topological polar surface area (TPSA) is 144 Å². The molecule has 5 rings (SSSR count). The van der Waals surface area contributed by atoms with Crippen molar-refractivity contribution >= 4 is 35.0 Å². The van der Waals surface area contributed by atoms with Gasteiger partial charge in [-0.15, -0.1) is 0 Å². The molecule has 2 aromatic carbocycles. The first-order chi connectivity index (χ1) is 17.9. The number of hydrogen-bond acceptors (Lipinski definition) is 9. The van der Waals surface area contributed by atoms with Gasteiger partial charge in [0.25, 0.3) is 11.2 Å². The SMILES string of the molecule is COC(=O)c1ccc(C2C3=C(CCCC3=O)Nc3nc(SCc4ccc([N+](=O)[O-])cc4)[nH]c(=O)c32)cc1. The molecule has 11 heteroatoms. The second kappa shape index (κ2) is 10.0. The average Bonchev–Trinajstić information content (AvgIpc) is 2.91. The number of nitrogens with zero attached hydrogens (tertiary/aromatic N) is 2. The lowest BCUT2D eigenvalue weighted by Gasteiger charge is -2.32. The third kappa shape index (κ3) is 4.77. The zero-order valence-electron chi connectivity index (χ0n) is 19.8. The number of ketones is 1. The monoisotopic (exact) mass is 518 g/mol. The van der Waals surface area contributed by atoms with E-state index in [1.807, 2.05) is 0 Å². The van der Waals surface area contributed by atoms with Crippen LogP contribution in [0.2, 0.25) is 0 Å². The van der Waals surface area contributed by atoms with E-state index >= 15 is 0 Å². The van der Waals surface area contributed by atoms with Gasteiger partial charge in [0.15, 0.2) is 10.9 Å². The number of nitrogens with one attached hydrogen (secondary N) is 2. The average molecular weight is 519 g/mol. The second-order valence-electron chi connectivity index (χ2n) is 8.69. The first-order valence-electron chi connectivity index (χ1n) is 11.6. The lowest BCUT2D eigenvalue weighted by atomic mass is 9.76. The van der Waals surface area contributed by atoms with Crippen LogP contribution in [0.4, 0.5) is 11.5 Å². The van der Waals surface area contributed by atoms with Gasteiger partial charge in [-0.25, -0.2) is 9.78 Å². The van der Waals surface area contributed by atoms with Gasteiger partial charge in [-0.2, -0.15) is 0 Å². The Hall–Kier alpha value is -4.25. The van der Waals surface area contributed by atoms with Gasteiger partial charge in [-0.05, 0) is 36.1 Å². The summed E-state index contributed by atoms with van der Waals surface area (Å²) in [6, 6.07) is 12.9. The molecule has 1 unspecified atom stereocenters. The predicted octanol–water partition coefficient (Wildman–Crippen LogP) is 4.32. The number of allylic oxidation sites excluding steroid dienone is 2. The van der Waals surface area contributed by atoms with Crippen LogP contribution >= 0.6 is 11.8 Å². The number of aromatic amines is 1. The molecule has 37 heavy (non-hydrogen) atoms. The van der Waals surface area contributed by atoms with Crippen LogP contribution in [0.3, 0.4) is 0 Å². The van der Waals surface area contributed by atoms with Crippen LogP contribution in [-0.4, -0.2) is 33.8 Å². The van der Waals surface area contributed by atoms with Crippen LogP contribution in [0.1, 0.15) is 52.2 Å². The molecule has 1 aliphatic carbocycles. The largest absolute Gasteiger partial charge is 0.465 e. The van der Waals surface area contributed by atoms with E-state index in [1.54, 1.807) is 36.4 Å². The number of hydrogen-bond donors (Lipinski definition) is 2. The maximum atomic E-state index is 13.4. The summed E-state index contributed by atoms with van der Waals surface area (Å²) in [6.07, 6.45) is 1.77. The zero-order valence-corrected chi connectivity index (χ0v) is 20.6. The fraction of sp³-hybridized carbons (Fsp3) is 0.231. The summed E-state index contributed by atoms with van der Waals surface area (Å²) >= 11 is 1.30. The molecular weight excluding hydrogens is 496 g/mol. The highest BCUT2D eigenvalue weighted by molar-refractivity contribution is 7.98. The van der Waals surface area contributed by atoms with E-state index in [-0.39, 0.29) is 17.0 Å². The molecule has 10 nitrogen and oxygen atoms in total. The van der Waals surface area contributed by atoms with Crippen molar-refractivity contribution in [3.8, 4) is 0 Å². The van der Waals surface area contributed by atoms with Gasteiger partial charge >= 0.3 is 5.97 Å². The number of nitro groups is 1. The van der Waals surface area contributed by atoms with Crippen molar-refractivity contribution in [1.29, 1.82) is 0 Å². The van der Waals surface area contributed by atoms with Crippen LogP contribution in [-0.2, 0) is 15.3 Å². The van der Waals surface area contributed by atoms with Gasteiger partial charge in [-0.1, -0.05) is 36.0 Å². The number of thioether (sulfide) groups is 1. The third-order valence-electron chi connectivity index (χ3n) is 6.42. The Labute approximate surface area is 215 Å². The van der Waals surface area contributed by atoms with Crippen molar-refractivity contribution in [3.63, 3.8) is 0 Å². The maximum absolute atomic E-state index is 13.4. The van der Waals surface area contributed by atoms with Crippen molar-refractivity contribution in [2.24, 2.45) is 0 Å². The Balaban J connectivity index is 1.49. The van der Waals surface area contributed by atoms with Gasteiger partial charge < -0.3 is 15.0 Å². The quantitative estimate of drug-likeness (QED) is 0.160. The third-order valence-corrected chi connectivity index (χ3v) is 7.37. The molecule has 0 fully saturated rings. The first-order valence-corrected chi connectivity index (χ1v) is 12.6. The van der Waals surface area contributed by atoms with Crippen LogP contribution < -0.4 is 10.9 Å². The molecule has 188 valence electrons. The molecule has 0 saturated heterocycles. The molecule has 1 atom stereocenters. The number of rotatable bonds is 6. The molecular formula is C26H22N4O6S. The minimum atomic E-state index is -0.615. The summed E-state index contributed by atoms with van der Waals surface area (Å²) in [6.45, 7) is 0. The van der Waals surface area contributed by atoms with Gasteiger partial charge in [0.2, 0.25) is 0 Å². The highest BCUT2D eigenvalue weighted by Crippen LogP contribution is 2.43. The number of nitro benzene ring substituents is 1. The van der Waals surface area contributed by atoms with Gasteiger partial charge in [0, 0.05) is 41.5 Å². The fourth-order valence-electron chi connectivity index (χ4n) is 4.64. The number of carbonyl (C=O) groups excluding carboxylic acids is 2. The van der Waals surface area contributed by atoms with Gasteiger partial charge in [0.05, 0.1) is 23.2 Å². The summed E-state index contributed by atoms with van der Waals surface area (Å²) < 4.78 is 4.77. The first kappa shape index (κ1) is 24.4. The highest BCUT2D eigenvalue weighted by Gasteiger charge is 2.37. The van der Waals surface area contributed by atoms with E-state index < -0.39 is 16.8 Å². The van der Waals surface area contributed by atoms with Crippen molar-refractivity contribution < 1.29 is 19.2 Å². The van der Waals surface area contributed by atoms with E-state index in [9.17, 15) is 24.5 Å². The van der Waals surface area contributed by atoms with Crippen LogP contribution in [0.15, 0.2) is 69.8 Å². The molecule has 1 aromatic heterocycles. The van der Waals surface area contributed by atoms with Gasteiger partial charge in [0.1, 0.15) is 5.82 Å². The molecule has 0 radical (unpaired) electrons. The number of carbonyl (C=O) groups is 2. The molecule has 2 heterocycles. The smallest absolute Gasteiger partial charge is 0.337 e. The summed E-state index contributed by atoms with van der Waals surface area (Å²) in [5, 5.41) is 14.5. The van der Waals surface area contributed by atoms with Crippen LogP contribution in [0.5, 0.6) is 0 Å². The minimum absolute atomic E-state index is 0.00929. The number of H-pyrrole nitrogens is 1. The molecule has 0 amide bonds. The normalized spacial score (nSPS) is 16.5. The van der Waals surface area contributed by atoms with Crippen molar-refractivity contribution in [3.05, 3.63) is 103 Å². The Bertz CT molecular complexity index is 1490. The van der Waals surface area contributed by atoms with Crippen molar-refractivity contribution in [1.82, 2.24) is 9.97 Å². The number of benzene rings is 2. The number of aromatic nitrogens is 2. The molecule has 2 aliphatic rings. The summed E-state index contributed by atoms with van der Waals surface area (Å²) in [5.74, 6) is -0.261. The van der Waals surface area contributed by atoms with Gasteiger partial charge in [-0.3, -0.25) is 19.7 Å². The van der Waals surface area contributed by atoms with E-state index in [2.05, 4.69) is 15.3 Å². The number of Topliss-reactive ketones (excluding diaryl/α,β-unsaturated/α-hetero) is 1. The Morgan fingerprint density at radius 1 is 1.14 bits per heavy atom. The zero-order chi connectivity index (χ0) is 26.1. The number of ether oxygens (including phenoxy) is 1. The fourth-order valence-corrected chi connectivity index (χ4v) is 5.45. The van der Waals surface area contributed by atoms with E-state index in [0.717, 1.165) is 11.3 Å². The lowest BCUT2D eigenvalue weighted by molar-refractivity contribution is -0.384. The van der Waals surface area contributed by atoms with Crippen molar-refractivity contribution in [2.75, 3.05) is 12.4 Å². The number of fused-ring (bicyclic) bond motifs is 1. The molecule has 1 aliphatic heterocycles. The summed E-state index contributed by atoms with van der Waals surface area (Å²) in [4.78, 5) is 56.2. The van der Waals surface area contributed by atoms with E-state index in [1.165, 1.54) is 31.0 Å². The molecule has 0 bridgehead atoms. The maximum Gasteiger partial charge on any atom is 0.337 e. The van der Waals surface area contributed by atoms with Crippen LogP contribution in [0, 0.1) is 10.1 Å². The molecule has 2 N–H and O–H groups in total. The Kier molecular flexibility index (Phi) is 6.62. The standard InChI is InChI=1S/C26H22N4O6S/c1-36-25(33)16-9-7-15(8-10-16)20-21-18(3-2-4-19(21)31)27-23-22(20)24(32)29-26(28-23)37-13-14-5-11-17(12-6-14)30(34)35/h5-12,20H,2-4,13H2,1H3,(H2,27,28,29,32). The minimum Gasteiger partial charge on any atom is -0.465 e. The number of anilines is 1. The summed E-state index contributed by atoms with van der Waals surface area (Å²) in [7, 11) is 1.31. The summed E-state index contributed by atoms with van der Waals surface area (Å²) in [5.41, 5.74) is 3.23. The molecule has 3 aromatic rings. The van der Waals surface area contributed by atoms with Crippen molar-refractivity contribution in [2.45, 2.75) is 36.1 Å². The number of esters is 1. The number of non-ortho nitro benzene ring substituents is 1. The lowest BCUT2D eigenvalue weighted by Crippen LogP contribution is -2.32. The Morgan fingerprint density at radius 2 is 1.86 bits per heavy atom. The second-order valence-corrected chi connectivity index (χ2v) is 9.65. The predicted molar refractivity (Wildman–Crippen MR) is 137 cm³/mol. The Morgan fingerprint density at radius 3 is 2.54 bits per heavy atom. The van der Waals surface area contributed by atoms with E-state index in [4.69, 9.17) is 4.74 Å². The number of methoxy groups -OCH3 is 1. The molecule has 0 spiro atoms. The van der Waals surface area contributed by atoms with E-state index in [0.29, 0.717) is 58.3 Å². The molecule has 0 saturated carbocycles.